The molecule has 0 heterocycles. The first kappa shape index (κ1) is 18.2. The molecule has 0 saturated heterocycles. The van der Waals surface area contributed by atoms with Gasteiger partial charge in [0.2, 0.25) is 0 Å². The monoisotopic (exact) mass is 430 g/mol. The molecule has 2 heteroatoms. The quantitative estimate of drug-likeness (QED) is 0.450. The van der Waals surface area contributed by atoms with Crippen LogP contribution >= 0.6 is 24.0 Å². The number of carbonyl (C=O) groups is 1. The predicted molar refractivity (Wildman–Crippen MR) is 106 cm³/mol. The van der Waals surface area contributed by atoms with Crippen molar-refractivity contribution in [2.45, 2.75) is 85.0 Å². The molecule has 4 rings (SSSR count). The Morgan fingerprint density at radius 2 is 1.57 bits per heavy atom. The number of hydrogen-bond acceptors (Lipinski definition) is 1. The molecule has 0 aromatic rings. The van der Waals surface area contributed by atoms with Gasteiger partial charge in [-0.2, -0.15) is 0 Å². The van der Waals surface area contributed by atoms with Crippen molar-refractivity contribution in [3.8, 4) is 0 Å². The highest BCUT2D eigenvalue weighted by Gasteiger charge is 2.60. The van der Waals surface area contributed by atoms with E-state index in [1.165, 1.54) is 64.2 Å². The van der Waals surface area contributed by atoms with Crippen LogP contribution in [0.1, 0.15) is 85.0 Å². The van der Waals surface area contributed by atoms with Crippen molar-refractivity contribution in [1.29, 1.82) is 0 Å². The van der Waals surface area contributed by atoms with Gasteiger partial charge in [-0.1, -0.05) is 26.7 Å². The van der Waals surface area contributed by atoms with Crippen LogP contribution in [0.3, 0.4) is 0 Å². The first-order chi connectivity index (χ1) is 10.5. The molecule has 0 aromatic carbocycles. The van der Waals surface area contributed by atoms with Crippen LogP contribution in [-0.4, -0.2) is 5.78 Å². The lowest BCUT2D eigenvalue weighted by Gasteiger charge is -2.60. The van der Waals surface area contributed by atoms with Crippen LogP contribution in [-0.2, 0) is 4.79 Å². The van der Waals surface area contributed by atoms with Gasteiger partial charge in [0.05, 0.1) is 0 Å². The van der Waals surface area contributed by atoms with Crippen molar-refractivity contribution in [1.82, 2.24) is 0 Å². The van der Waals surface area contributed by atoms with E-state index in [0.29, 0.717) is 22.5 Å². The number of fused-ring (bicyclic) bond motifs is 5. The lowest BCUT2D eigenvalue weighted by atomic mass is 9.45. The molecular formula is C21H35IO. The SMILES string of the molecule is CC(=O)[C@H]1CC[C@H]2[C@@H]3CCC4CCCC[C@]4(C)[C@H]3CC[C@]12C.I. The maximum atomic E-state index is 12.2. The molecular weight excluding hydrogens is 395 g/mol. The fraction of sp³-hybridized carbons (Fsp3) is 0.952. The molecule has 4 aliphatic carbocycles. The normalized spacial score (nSPS) is 51.9. The van der Waals surface area contributed by atoms with Gasteiger partial charge >= 0.3 is 0 Å². The molecule has 23 heavy (non-hydrogen) atoms. The lowest BCUT2D eigenvalue weighted by molar-refractivity contribution is -0.133. The minimum Gasteiger partial charge on any atom is -0.300 e. The van der Waals surface area contributed by atoms with Crippen molar-refractivity contribution >= 4 is 29.8 Å². The van der Waals surface area contributed by atoms with Gasteiger partial charge in [-0.05, 0) is 92.8 Å². The van der Waals surface area contributed by atoms with E-state index in [2.05, 4.69) is 13.8 Å². The summed E-state index contributed by atoms with van der Waals surface area (Å²) in [4.78, 5) is 12.2. The molecule has 1 unspecified atom stereocenters. The molecule has 4 fully saturated rings. The Bertz CT molecular complexity index is 474. The summed E-state index contributed by atoms with van der Waals surface area (Å²) in [5.41, 5.74) is 0.974. The molecule has 1 nitrogen and oxygen atoms in total. The number of rotatable bonds is 1. The van der Waals surface area contributed by atoms with Gasteiger partial charge in [0, 0.05) is 5.92 Å². The number of hydrogen-bond donors (Lipinski definition) is 0. The highest BCUT2D eigenvalue weighted by atomic mass is 127. The minimum atomic E-state index is 0. The fourth-order valence-electron chi connectivity index (χ4n) is 7.96. The Morgan fingerprint density at radius 1 is 0.826 bits per heavy atom. The van der Waals surface area contributed by atoms with Gasteiger partial charge in [-0.25, -0.2) is 0 Å². The third kappa shape index (κ3) is 2.56. The van der Waals surface area contributed by atoms with Crippen molar-refractivity contribution < 1.29 is 4.79 Å². The highest BCUT2D eigenvalue weighted by Crippen LogP contribution is 2.67. The summed E-state index contributed by atoms with van der Waals surface area (Å²) in [6.07, 6.45) is 14.1. The first-order valence-corrected chi connectivity index (χ1v) is 9.97. The summed E-state index contributed by atoms with van der Waals surface area (Å²) in [5, 5.41) is 0. The number of carbonyl (C=O) groups excluding carboxylic acids is 1. The highest BCUT2D eigenvalue weighted by molar-refractivity contribution is 14.0. The molecule has 4 saturated carbocycles. The summed E-state index contributed by atoms with van der Waals surface area (Å²) in [7, 11) is 0. The van der Waals surface area contributed by atoms with E-state index in [1.54, 1.807) is 0 Å². The maximum absolute atomic E-state index is 12.2. The zero-order valence-corrected chi connectivity index (χ0v) is 17.6. The molecule has 0 radical (unpaired) electrons. The number of Topliss-reactive ketones (excluding diaryl/α,β-unsaturated/α-hetero) is 1. The van der Waals surface area contributed by atoms with Crippen LogP contribution < -0.4 is 0 Å². The van der Waals surface area contributed by atoms with Gasteiger partial charge < -0.3 is 0 Å². The van der Waals surface area contributed by atoms with Crippen molar-refractivity contribution in [2.75, 3.05) is 0 Å². The van der Waals surface area contributed by atoms with Gasteiger partial charge in [-0.15, -0.1) is 24.0 Å². The molecule has 7 atom stereocenters. The number of ketones is 1. The van der Waals surface area contributed by atoms with Crippen LogP contribution in [0.4, 0.5) is 0 Å². The lowest BCUT2D eigenvalue weighted by Crippen LogP contribution is -2.53. The molecule has 0 bridgehead atoms. The fourth-order valence-corrected chi connectivity index (χ4v) is 7.96. The zero-order chi connectivity index (χ0) is 15.5. The Morgan fingerprint density at radius 3 is 2.30 bits per heavy atom. The van der Waals surface area contributed by atoms with Gasteiger partial charge in [0.25, 0.3) is 0 Å². The third-order valence-corrected chi connectivity index (χ3v) is 9.07. The Kier molecular flexibility index (Phi) is 4.97. The molecule has 0 aromatic heterocycles. The van der Waals surface area contributed by atoms with Crippen LogP contribution in [0.2, 0.25) is 0 Å². The van der Waals surface area contributed by atoms with Crippen LogP contribution in [0.15, 0.2) is 0 Å². The summed E-state index contributed by atoms with van der Waals surface area (Å²) < 4.78 is 0. The molecule has 132 valence electrons. The summed E-state index contributed by atoms with van der Waals surface area (Å²) in [6, 6.07) is 0. The van der Waals surface area contributed by atoms with Crippen LogP contribution in [0, 0.1) is 40.4 Å². The van der Waals surface area contributed by atoms with E-state index in [4.69, 9.17) is 0 Å². The molecule has 0 aliphatic heterocycles. The van der Waals surface area contributed by atoms with Gasteiger partial charge in [0.1, 0.15) is 5.78 Å². The van der Waals surface area contributed by atoms with E-state index in [-0.39, 0.29) is 24.0 Å². The molecule has 0 spiro atoms. The van der Waals surface area contributed by atoms with Gasteiger partial charge in [0.15, 0.2) is 0 Å². The van der Waals surface area contributed by atoms with Crippen molar-refractivity contribution in [2.24, 2.45) is 40.4 Å². The first-order valence-electron chi connectivity index (χ1n) is 9.97. The summed E-state index contributed by atoms with van der Waals surface area (Å²) >= 11 is 0. The zero-order valence-electron chi connectivity index (χ0n) is 15.3. The molecule has 0 N–H and O–H groups in total. The second-order valence-corrected chi connectivity index (χ2v) is 9.69. The van der Waals surface area contributed by atoms with Crippen molar-refractivity contribution in [3.63, 3.8) is 0 Å². The second-order valence-electron chi connectivity index (χ2n) is 9.69. The standard InChI is InChI=1S/C21H34O.HI/c1-14(22)17-9-10-18-16-8-7-15-6-4-5-12-20(15,2)19(16)11-13-21(17,18)3;/h15-19H,4-13H2,1-3H3;1H/t15?,16-,17+,18-,19-,20-,21+;/m0./s1. The van der Waals surface area contributed by atoms with Crippen LogP contribution in [0.5, 0.6) is 0 Å². The second kappa shape index (κ2) is 6.29. The van der Waals surface area contributed by atoms with E-state index in [9.17, 15) is 4.79 Å². The number of halogens is 1. The topological polar surface area (TPSA) is 17.1 Å². The largest absolute Gasteiger partial charge is 0.300 e. The molecule has 0 amide bonds. The summed E-state index contributed by atoms with van der Waals surface area (Å²) in [6.45, 7) is 6.97. The average Bonchev–Trinajstić information content (AvgIpc) is 2.84. The van der Waals surface area contributed by atoms with Gasteiger partial charge in [-0.3, -0.25) is 4.79 Å². The Balaban J connectivity index is 0.00000156. The smallest absolute Gasteiger partial charge is 0.133 e. The average molecular weight is 430 g/mol. The minimum absolute atomic E-state index is 0. The summed E-state index contributed by atoms with van der Waals surface area (Å²) in [5.74, 6) is 4.60. The van der Waals surface area contributed by atoms with E-state index < -0.39 is 0 Å². The van der Waals surface area contributed by atoms with E-state index in [0.717, 1.165) is 23.7 Å². The third-order valence-electron chi connectivity index (χ3n) is 9.07. The van der Waals surface area contributed by atoms with E-state index >= 15 is 0 Å². The predicted octanol–water partition coefficient (Wildman–Crippen LogP) is 6.24. The maximum Gasteiger partial charge on any atom is 0.133 e. The molecule has 4 aliphatic rings. The van der Waals surface area contributed by atoms with Crippen molar-refractivity contribution in [3.05, 3.63) is 0 Å². The van der Waals surface area contributed by atoms with Crippen LogP contribution in [0.25, 0.3) is 0 Å². The Hall–Kier alpha value is 0.400. The Labute approximate surface area is 159 Å². The van der Waals surface area contributed by atoms with E-state index in [1.807, 2.05) is 6.92 Å².